The highest BCUT2D eigenvalue weighted by atomic mass is 32.2. The smallest absolute Gasteiger partial charge is 0.335 e. The minimum atomic E-state index is -1.06. The molecule has 0 radical (unpaired) electrons. The summed E-state index contributed by atoms with van der Waals surface area (Å²) in [5.41, 5.74) is 6.86. The number of halogens is 1. The summed E-state index contributed by atoms with van der Waals surface area (Å²) in [6, 6.07) is 11.1. The molecule has 2 rings (SSSR count). The van der Waals surface area contributed by atoms with Gasteiger partial charge in [-0.05, 0) is 35.9 Å². The minimum Gasteiger partial charge on any atom is -0.478 e. The van der Waals surface area contributed by atoms with Crippen molar-refractivity contribution in [1.82, 2.24) is 0 Å². The standard InChI is InChI=1S/C14H12FNO2S/c15-11-6-5-9(14(17)18)7-10(11)8-19-13-4-2-1-3-12(13)16/h1-7H,8,16H2,(H,17,18). The quantitative estimate of drug-likeness (QED) is 0.664. The van der Waals surface area contributed by atoms with Gasteiger partial charge in [0.1, 0.15) is 5.82 Å². The molecule has 0 amide bonds. The van der Waals surface area contributed by atoms with Gasteiger partial charge in [0, 0.05) is 16.3 Å². The third-order valence-corrected chi connectivity index (χ3v) is 3.73. The first-order valence-electron chi connectivity index (χ1n) is 5.57. The Morgan fingerprint density at radius 2 is 2.00 bits per heavy atom. The van der Waals surface area contributed by atoms with E-state index in [1.165, 1.54) is 30.0 Å². The number of nitrogen functional groups attached to an aromatic ring is 1. The van der Waals surface area contributed by atoms with Crippen LogP contribution in [0.4, 0.5) is 10.1 Å². The zero-order valence-corrected chi connectivity index (χ0v) is 10.8. The second-order valence-corrected chi connectivity index (χ2v) is 4.96. The van der Waals surface area contributed by atoms with Gasteiger partial charge in [-0.15, -0.1) is 11.8 Å². The van der Waals surface area contributed by atoms with Crippen LogP contribution < -0.4 is 5.73 Å². The Morgan fingerprint density at radius 1 is 1.26 bits per heavy atom. The molecule has 0 spiro atoms. The van der Waals surface area contributed by atoms with E-state index in [4.69, 9.17) is 10.8 Å². The van der Waals surface area contributed by atoms with Gasteiger partial charge in [-0.3, -0.25) is 0 Å². The molecule has 0 aliphatic carbocycles. The monoisotopic (exact) mass is 277 g/mol. The minimum absolute atomic E-state index is 0.0815. The SMILES string of the molecule is Nc1ccccc1SCc1cc(C(=O)O)ccc1F. The highest BCUT2D eigenvalue weighted by molar-refractivity contribution is 7.98. The lowest BCUT2D eigenvalue weighted by atomic mass is 10.1. The number of anilines is 1. The highest BCUT2D eigenvalue weighted by Gasteiger charge is 2.09. The number of aromatic carboxylic acids is 1. The average molecular weight is 277 g/mol. The van der Waals surface area contributed by atoms with Gasteiger partial charge < -0.3 is 10.8 Å². The van der Waals surface area contributed by atoms with E-state index in [-0.39, 0.29) is 5.56 Å². The molecule has 3 N–H and O–H groups in total. The van der Waals surface area contributed by atoms with Crippen molar-refractivity contribution < 1.29 is 14.3 Å². The molecule has 0 unspecified atom stereocenters. The van der Waals surface area contributed by atoms with E-state index in [0.717, 1.165) is 4.90 Å². The Labute approximate surface area is 114 Å². The summed E-state index contributed by atoms with van der Waals surface area (Å²) < 4.78 is 13.6. The summed E-state index contributed by atoms with van der Waals surface area (Å²) in [6.45, 7) is 0. The van der Waals surface area contributed by atoms with E-state index in [0.29, 0.717) is 17.0 Å². The molecule has 2 aromatic carbocycles. The maximum atomic E-state index is 13.6. The zero-order chi connectivity index (χ0) is 13.8. The maximum absolute atomic E-state index is 13.6. The summed E-state index contributed by atoms with van der Waals surface area (Å²) in [6.07, 6.45) is 0. The number of hydrogen-bond donors (Lipinski definition) is 2. The Bertz CT molecular complexity index is 616. The summed E-state index contributed by atoms with van der Waals surface area (Å²) in [7, 11) is 0. The Kier molecular flexibility index (Phi) is 4.06. The van der Waals surface area contributed by atoms with E-state index in [2.05, 4.69) is 0 Å². The van der Waals surface area contributed by atoms with Crippen molar-refractivity contribution in [1.29, 1.82) is 0 Å². The third kappa shape index (κ3) is 3.26. The van der Waals surface area contributed by atoms with Crippen LogP contribution >= 0.6 is 11.8 Å². The van der Waals surface area contributed by atoms with Crippen molar-refractivity contribution in [3.05, 3.63) is 59.4 Å². The summed E-state index contributed by atoms with van der Waals surface area (Å²) in [5, 5.41) is 8.88. The fourth-order valence-corrected chi connectivity index (χ4v) is 2.53. The molecule has 0 atom stereocenters. The van der Waals surface area contributed by atoms with Gasteiger partial charge in [0.2, 0.25) is 0 Å². The first kappa shape index (κ1) is 13.4. The van der Waals surface area contributed by atoms with E-state index >= 15 is 0 Å². The molecule has 0 aromatic heterocycles. The van der Waals surface area contributed by atoms with Gasteiger partial charge >= 0.3 is 5.97 Å². The summed E-state index contributed by atoms with van der Waals surface area (Å²) >= 11 is 1.38. The number of carbonyl (C=O) groups is 1. The largest absolute Gasteiger partial charge is 0.478 e. The lowest BCUT2D eigenvalue weighted by molar-refractivity contribution is 0.0696. The Balaban J connectivity index is 2.17. The van der Waals surface area contributed by atoms with Crippen molar-refractivity contribution in [2.24, 2.45) is 0 Å². The van der Waals surface area contributed by atoms with Crippen molar-refractivity contribution >= 4 is 23.4 Å². The van der Waals surface area contributed by atoms with Crippen LogP contribution in [0.5, 0.6) is 0 Å². The van der Waals surface area contributed by atoms with E-state index in [1.807, 2.05) is 18.2 Å². The lowest BCUT2D eigenvalue weighted by Gasteiger charge is -2.07. The molecule has 98 valence electrons. The average Bonchev–Trinajstić information content (AvgIpc) is 2.39. The van der Waals surface area contributed by atoms with Crippen molar-refractivity contribution in [2.45, 2.75) is 10.6 Å². The van der Waals surface area contributed by atoms with Gasteiger partial charge in [-0.1, -0.05) is 12.1 Å². The van der Waals surface area contributed by atoms with Gasteiger partial charge in [0.25, 0.3) is 0 Å². The molecule has 2 aromatic rings. The second-order valence-electron chi connectivity index (χ2n) is 3.94. The van der Waals surface area contributed by atoms with Crippen LogP contribution in [0.1, 0.15) is 15.9 Å². The first-order chi connectivity index (χ1) is 9.08. The molecule has 0 bridgehead atoms. The highest BCUT2D eigenvalue weighted by Crippen LogP contribution is 2.28. The van der Waals surface area contributed by atoms with Gasteiger partial charge in [-0.25, -0.2) is 9.18 Å². The predicted octanol–water partition coefficient (Wildman–Crippen LogP) is 3.40. The fourth-order valence-electron chi connectivity index (χ4n) is 1.59. The van der Waals surface area contributed by atoms with Gasteiger partial charge in [0.05, 0.1) is 5.56 Å². The van der Waals surface area contributed by atoms with E-state index < -0.39 is 11.8 Å². The fraction of sp³-hybridized carbons (Fsp3) is 0.0714. The number of thioether (sulfide) groups is 1. The normalized spacial score (nSPS) is 10.4. The zero-order valence-electron chi connectivity index (χ0n) is 9.97. The summed E-state index contributed by atoms with van der Waals surface area (Å²) in [4.78, 5) is 11.7. The van der Waals surface area contributed by atoms with Crippen LogP contribution in [0.25, 0.3) is 0 Å². The molecule has 0 fully saturated rings. The third-order valence-electron chi connectivity index (χ3n) is 2.59. The van der Waals surface area contributed by atoms with Crippen molar-refractivity contribution in [2.75, 3.05) is 5.73 Å². The van der Waals surface area contributed by atoms with Crippen LogP contribution in [0.15, 0.2) is 47.4 Å². The van der Waals surface area contributed by atoms with Crippen LogP contribution in [0, 0.1) is 5.82 Å². The molecular weight excluding hydrogens is 265 g/mol. The number of nitrogens with two attached hydrogens (primary N) is 1. The Hall–Kier alpha value is -2.01. The molecule has 3 nitrogen and oxygen atoms in total. The maximum Gasteiger partial charge on any atom is 0.335 e. The van der Waals surface area contributed by atoms with E-state index in [1.54, 1.807) is 6.07 Å². The number of benzene rings is 2. The van der Waals surface area contributed by atoms with Crippen LogP contribution in [-0.4, -0.2) is 11.1 Å². The van der Waals surface area contributed by atoms with Crippen LogP contribution in [0.2, 0.25) is 0 Å². The number of para-hydroxylation sites is 1. The number of hydrogen-bond acceptors (Lipinski definition) is 3. The van der Waals surface area contributed by atoms with Gasteiger partial charge in [0.15, 0.2) is 0 Å². The first-order valence-corrected chi connectivity index (χ1v) is 6.55. The molecule has 0 aliphatic heterocycles. The molecule has 0 saturated carbocycles. The molecular formula is C14H12FNO2S. The van der Waals surface area contributed by atoms with E-state index in [9.17, 15) is 9.18 Å². The number of carboxylic acid groups (broad SMARTS) is 1. The van der Waals surface area contributed by atoms with Crippen molar-refractivity contribution in [3.63, 3.8) is 0 Å². The van der Waals surface area contributed by atoms with Gasteiger partial charge in [-0.2, -0.15) is 0 Å². The molecule has 5 heteroatoms. The van der Waals surface area contributed by atoms with Crippen LogP contribution in [-0.2, 0) is 5.75 Å². The van der Waals surface area contributed by atoms with Crippen molar-refractivity contribution in [3.8, 4) is 0 Å². The summed E-state index contributed by atoms with van der Waals surface area (Å²) in [5.74, 6) is -1.14. The number of carboxylic acids is 1. The van der Waals surface area contributed by atoms with Crippen LogP contribution in [0.3, 0.4) is 0 Å². The Morgan fingerprint density at radius 3 is 2.68 bits per heavy atom. The molecule has 0 heterocycles. The number of rotatable bonds is 4. The second kappa shape index (κ2) is 5.75. The molecule has 19 heavy (non-hydrogen) atoms. The lowest BCUT2D eigenvalue weighted by Crippen LogP contribution is -1.99. The molecule has 0 saturated heterocycles. The predicted molar refractivity (Wildman–Crippen MR) is 73.8 cm³/mol. The topological polar surface area (TPSA) is 63.3 Å². The molecule has 0 aliphatic rings.